The Morgan fingerprint density at radius 1 is 1.40 bits per heavy atom. The van der Waals surface area contributed by atoms with Gasteiger partial charge in [-0.1, -0.05) is 19.4 Å². The van der Waals surface area contributed by atoms with E-state index in [1.54, 1.807) is 0 Å². The summed E-state index contributed by atoms with van der Waals surface area (Å²) in [4.78, 5) is 1.43. The van der Waals surface area contributed by atoms with Gasteiger partial charge in [0.2, 0.25) is 0 Å². The molecule has 20 heavy (non-hydrogen) atoms. The van der Waals surface area contributed by atoms with Crippen LogP contribution < -0.4 is 5.32 Å². The van der Waals surface area contributed by atoms with Crippen molar-refractivity contribution in [2.24, 2.45) is 0 Å². The molecule has 1 atom stereocenters. The fourth-order valence-electron chi connectivity index (χ4n) is 2.18. The van der Waals surface area contributed by atoms with Gasteiger partial charge in [0.05, 0.1) is 11.7 Å². The first-order valence-electron chi connectivity index (χ1n) is 7.31. The van der Waals surface area contributed by atoms with E-state index in [0.29, 0.717) is 6.04 Å². The lowest BCUT2D eigenvalue weighted by Gasteiger charge is -2.19. The van der Waals surface area contributed by atoms with Crippen LogP contribution in [-0.2, 0) is 12.1 Å². The van der Waals surface area contributed by atoms with Crippen LogP contribution in [0.15, 0.2) is 29.9 Å². The molecular formula is C16H25N3S. The molecule has 0 radical (unpaired) electrons. The molecule has 1 N–H and O–H groups in total. The highest BCUT2D eigenvalue weighted by Crippen LogP contribution is 2.23. The van der Waals surface area contributed by atoms with Gasteiger partial charge >= 0.3 is 0 Å². The summed E-state index contributed by atoms with van der Waals surface area (Å²) in [5.74, 6) is 0. The number of nitrogens with one attached hydrogen (secondary N) is 1. The van der Waals surface area contributed by atoms with Crippen molar-refractivity contribution in [2.45, 2.75) is 58.7 Å². The van der Waals surface area contributed by atoms with Crippen molar-refractivity contribution in [2.75, 3.05) is 0 Å². The zero-order valence-electron chi connectivity index (χ0n) is 12.9. The lowest BCUT2D eigenvalue weighted by Crippen LogP contribution is -2.22. The Hall–Kier alpha value is -1.13. The third-order valence-electron chi connectivity index (χ3n) is 3.34. The van der Waals surface area contributed by atoms with Gasteiger partial charge in [-0.25, -0.2) is 0 Å². The summed E-state index contributed by atoms with van der Waals surface area (Å²) in [5.41, 5.74) is 1.30. The van der Waals surface area contributed by atoms with Gasteiger partial charge in [-0.3, -0.25) is 4.68 Å². The number of nitrogens with zero attached hydrogens (tertiary/aromatic N) is 2. The van der Waals surface area contributed by atoms with Crippen LogP contribution in [-0.4, -0.2) is 9.78 Å². The average molecular weight is 291 g/mol. The van der Waals surface area contributed by atoms with E-state index in [0.717, 1.165) is 6.54 Å². The van der Waals surface area contributed by atoms with E-state index >= 15 is 0 Å². The standard InChI is InChI=1S/C16H25N3S/c1-5-7-14(15-8-6-9-20-15)17-10-13-11-18-19(12-13)16(2,3)4/h6,8-9,11-12,14,17H,5,7,10H2,1-4H3. The van der Waals surface area contributed by atoms with Crippen molar-refractivity contribution in [3.05, 3.63) is 40.3 Å². The van der Waals surface area contributed by atoms with Gasteiger partial charge in [-0.15, -0.1) is 11.3 Å². The maximum atomic E-state index is 4.45. The first-order chi connectivity index (χ1) is 9.50. The smallest absolute Gasteiger partial charge is 0.0543 e. The third kappa shape index (κ3) is 3.93. The average Bonchev–Trinajstić information content (AvgIpc) is 3.04. The summed E-state index contributed by atoms with van der Waals surface area (Å²) in [5, 5.41) is 10.3. The van der Waals surface area contributed by atoms with Crippen molar-refractivity contribution < 1.29 is 0 Å². The molecule has 2 heterocycles. The predicted octanol–water partition coefficient (Wildman–Crippen LogP) is 4.33. The van der Waals surface area contributed by atoms with Crippen LogP contribution in [0.5, 0.6) is 0 Å². The van der Waals surface area contributed by atoms with Crippen molar-refractivity contribution >= 4 is 11.3 Å². The molecule has 0 amide bonds. The van der Waals surface area contributed by atoms with Crippen molar-refractivity contribution in [1.82, 2.24) is 15.1 Å². The van der Waals surface area contributed by atoms with Crippen LogP contribution in [0.25, 0.3) is 0 Å². The molecule has 2 rings (SSSR count). The summed E-state index contributed by atoms with van der Waals surface area (Å²) in [6.45, 7) is 9.62. The Morgan fingerprint density at radius 3 is 2.75 bits per heavy atom. The van der Waals surface area contributed by atoms with Crippen LogP contribution >= 0.6 is 11.3 Å². The number of hydrogen-bond acceptors (Lipinski definition) is 3. The Morgan fingerprint density at radius 2 is 2.20 bits per heavy atom. The maximum absolute atomic E-state index is 4.45. The second kappa shape index (κ2) is 6.55. The van der Waals surface area contributed by atoms with Gasteiger partial charge in [-0.05, 0) is 38.6 Å². The molecule has 110 valence electrons. The van der Waals surface area contributed by atoms with Gasteiger partial charge in [0, 0.05) is 29.2 Å². The fourth-order valence-corrected chi connectivity index (χ4v) is 3.02. The number of rotatable bonds is 6. The molecule has 2 aromatic rings. The molecule has 0 saturated carbocycles. The van der Waals surface area contributed by atoms with Gasteiger partial charge in [0.15, 0.2) is 0 Å². The first-order valence-corrected chi connectivity index (χ1v) is 8.19. The zero-order valence-corrected chi connectivity index (χ0v) is 13.7. The molecule has 0 aromatic carbocycles. The lowest BCUT2D eigenvalue weighted by molar-refractivity contribution is 0.355. The van der Waals surface area contributed by atoms with E-state index in [-0.39, 0.29) is 5.54 Å². The summed E-state index contributed by atoms with van der Waals surface area (Å²) < 4.78 is 2.03. The topological polar surface area (TPSA) is 29.9 Å². The molecule has 0 bridgehead atoms. The molecule has 2 aromatic heterocycles. The van der Waals surface area contributed by atoms with E-state index < -0.39 is 0 Å². The Labute approximate surface area is 126 Å². The lowest BCUT2D eigenvalue weighted by atomic mass is 10.1. The highest BCUT2D eigenvalue weighted by molar-refractivity contribution is 7.10. The largest absolute Gasteiger partial charge is 0.305 e. The minimum Gasteiger partial charge on any atom is -0.305 e. The number of aromatic nitrogens is 2. The van der Waals surface area contributed by atoms with Gasteiger partial charge in [0.25, 0.3) is 0 Å². The molecule has 4 heteroatoms. The third-order valence-corrected chi connectivity index (χ3v) is 4.33. The second-order valence-electron chi connectivity index (χ2n) is 6.20. The van der Waals surface area contributed by atoms with Crippen molar-refractivity contribution in [1.29, 1.82) is 0 Å². The summed E-state index contributed by atoms with van der Waals surface area (Å²) in [6.07, 6.45) is 6.48. The maximum Gasteiger partial charge on any atom is 0.0543 e. The van der Waals surface area contributed by atoms with Crippen LogP contribution in [0, 0.1) is 0 Å². The highest BCUT2D eigenvalue weighted by atomic mass is 32.1. The Kier molecular flexibility index (Phi) is 5.00. The fraction of sp³-hybridized carbons (Fsp3) is 0.562. The molecule has 1 unspecified atom stereocenters. The molecule has 0 saturated heterocycles. The molecule has 0 aliphatic heterocycles. The summed E-state index contributed by atoms with van der Waals surface area (Å²) in [6, 6.07) is 4.80. The SMILES string of the molecule is CCCC(NCc1cnn(C(C)(C)C)c1)c1cccs1. The summed E-state index contributed by atoms with van der Waals surface area (Å²) >= 11 is 1.83. The minimum absolute atomic E-state index is 0.0504. The van der Waals surface area contributed by atoms with E-state index in [1.807, 2.05) is 22.2 Å². The Balaban J connectivity index is 1.97. The van der Waals surface area contributed by atoms with Crippen LogP contribution in [0.4, 0.5) is 0 Å². The van der Waals surface area contributed by atoms with Crippen LogP contribution in [0.3, 0.4) is 0 Å². The monoisotopic (exact) mass is 291 g/mol. The van der Waals surface area contributed by atoms with E-state index in [2.05, 4.69) is 61.8 Å². The molecule has 3 nitrogen and oxygen atoms in total. The van der Waals surface area contributed by atoms with E-state index in [1.165, 1.54) is 23.3 Å². The minimum atomic E-state index is 0.0504. The number of hydrogen-bond donors (Lipinski definition) is 1. The number of thiophene rings is 1. The quantitative estimate of drug-likeness (QED) is 0.858. The predicted molar refractivity (Wildman–Crippen MR) is 86.0 cm³/mol. The van der Waals surface area contributed by atoms with Crippen molar-refractivity contribution in [3.63, 3.8) is 0 Å². The van der Waals surface area contributed by atoms with Gasteiger partial charge < -0.3 is 5.32 Å². The van der Waals surface area contributed by atoms with Crippen LogP contribution in [0.2, 0.25) is 0 Å². The Bertz CT molecular complexity index is 508. The second-order valence-corrected chi connectivity index (χ2v) is 7.18. The highest BCUT2D eigenvalue weighted by Gasteiger charge is 2.15. The van der Waals surface area contributed by atoms with Crippen LogP contribution in [0.1, 0.15) is 57.0 Å². The molecular weight excluding hydrogens is 266 g/mol. The van der Waals surface area contributed by atoms with Gasteiger partial charge in [0.1, 0.15) is 0 Å². The molecule has 0 fully saturated rings. The van der Waals surface area contributed by atoms with Crippen molar-refractivity contribution in [3.8, 4) is 0 Å². The zero-order chi connectivity index (χ0) is 14.6. The molecule has 0 aliphatic carbocycles. The molecule has 0 aliphatic rings. The molecule has 0 spiro atoms. The normalized spacial score (nSPS) is 13.6. The van der Waals surface area contributed by atoms with E-state index in [9.17, 15) is 0 Å². The summed E-state index contributed by atoms with van der Waals surface area (Å²) in [7, 11) is 0. The van der Waals surface area contributed by atoms with Gasteiger partial charge in [-0.2, -0.15) is 5.10 Å². The first kappa shape index (κ1) is 15.3. The van der Waals surface area contributed by atoms with E-state index in [4.69, 9.17) is 0 Å².